The Kier molecular flexibility index (Phi) is 6.01. The third-order valence-electron chi connectivity index (χ3n) is 3.00. The first-order chi connectivity index (χ1) is 8.57. The maximum Gasteiger partial charge on any atom is 0.241 e. The van der Waals surface area contributed by atoms with Gasteiger partial charge in [-0.05, 0) is 26.0 Å². The first-order valence-corrected chi connectivity index (χ1v) is 7.26. The van der Waals surface area contributed by atoms with Gasteiger partial charge in [0.05, 0.1) is 6.54 Å². The standard InChI is InChI=1S/C14H20N2OS.ClH/c1-14(2)11-16(8-9-18-14)13(17)10-15-12-6-4-3-5-7-12;/h3-7,15H,8-11H2,1-2H3;1H. The Morgan fingerprint density at radius 2 is 2.05 bits per heavy atom. The summed E-state index contributed by atoms with van der Waals surface area (Å²) >= 11 is 1.94. The van der Waals surface area contributed by atoms with Crippen molar-refractivity contribution in [2.75, 3.05) is 30.7 Å². The molecular formula is C14H21ClN2OS. The second kappa shape index (κ2) is 7.06. The summed E-state index contributed by atoms with van der Waals surface area (Å²) in [4.78, 5) is 14.1. The van der Waals surface area contributed by atoms with Crippen LogP contribution >= 0.6 is 24.2 Å². The van der Waals surface area contributed by atoms with Crippen LogP contribution in [0.4, 0.5) is 5.69 Å². The summed E-state index contributed by atoms with van der Waals surface area (Å²) in [5.74, 6) is 1.22. The van der Waals surface area contributed by atoms with Gasteiger partial charge < -0.3 is 10.2 Å². The fourth-order valence-corrected chi connectivity index (χ4v) is 3.19. The zero-order chi connectivity index (χ0) is 13.0. The molecule has 0 saturated carbocycles. The van der Waals surface area contributed by atoms with Crippen LogP contribution in [-0.4, -0.2) is 40.9 Å². The first kappa shape index (κ1) is 16.2. The maximum atomic E-state index is 12.1. The molecule has 1 aromatic rings. The summed E-state index contributed by atoms with van der Waals surface area (Å²) in [7, 11) is 0. The van der Waals surface area contributed by atoms with E-state index in [2.05, 4.69) is 19.2 Å². The largest absolute Gasteiger partial charge is 0.376 e. The van der Waals surface area contributed by atoms with Crippen LogP contribution in [0.2, 0.25) is 0 Å². The maximum absolute atomic E-state index is 12.1. The van der Waals surface area contributed by atoms with E-state index in [0.717, 1.165) is 24.5 Å². The molecule has 1 fully saturated rings. The second-order valence-corrected chi connectivity index (χ2v) is 6.95. The van der Waals surface area contributed by atoms with E-state index in [1.165, 1.54) is 0 Å². The molecule has 1 aromatic carbocycles. The highest BCUT2D eigenvalue weighted by Crippen LogP contribution is 2.29. The van der Waals surface area contributed by atoms with Gasteiger partial charge in [0, 0.05) is 29.3 Å². The Balaban J connectivity index is 0.00000180. The molecular weight excluding hydrogens is 280 g/mol. The monoisotopic (exact) mass is 300 g/mol. The van der Waals surface area contributed by atoms with Gasteiger partial charge in [0.2, 0.25) is 5.91 Å². The lowest BCUT2D eigenvalue weighted by Crippen LogP contribution is -2.47. The Hall–Kier alpha value is -0.870. The first-order valence-electron chi connectivity index (χ1n) is 6.27. The molecule has 0 aromatic heterocycles. The average Bonchev–Trinajstić information content (AvgIpc) is 2.36. The molecule has 0 unspecified atom stereocenters. The number of hydrogen-bond acceptors (Lipinski definition) is 3. The molecule has 106 valence electrons. The Labute approximate surface area is 125 Å². The predicted molar refractivity (Wildman–Crippen MR) is 85.3 cm³/mol. The molecule has 0 bridgehead atoms. The van der Waals surface area contributed by atoms with Crippen molar-refractivity contribution in [3.05, 3.63) is 30.3 Å². The molecule has 1 saturated heterocycles. The van der Waals surface area contributed by atoms with E-state index in [1.807, 2.05) is 47.0 Å². The van der Waals surface area contributed by atoms with Crippen LogP contribution < -0.4 is 5.32 Å². The van der Waals surface area contributed by atoms with E-state index in [0.29, 0.717) is 6.54 Å². The minimum Gasteiger partial charge on any atom is -0.376 e. The number of carbonyl (C=O) groups is 1. The number of nitrogens with one attached hydrogen (secondary N) is 1. The van der Waals surface area contributed by atoms with Crippen LogP contribution in [0.15, 0.2) is 30.3 Å². The number of thioether (sulfide) groups is 1. The van der Waals surface area contributed by atoms with E-state index in [-0.39, 0.29) is 23.1 Å². The van der Waals surface area contributed by atoms with Gasteiger partial charge in [-0.1, -0.05) is 18.2 Å². The predicted octanol–water partition coefficient (Wildman–Crippen LogP) is 2.87. The number of nitrogens with zero attached hydrogens (tertiary/aromatic N) is 1. The molecule has 1 aliphatic heterocycles. The fourth-order valence-electron chi connectivity index (χ4n) is 2.07. The zero-order valence-electron chi connectivity index (χ0n) is 11.4. The lowest BCUT2D eigenvalue weighted by atomic mass is 10.2. The van der Waals surface area contributed by atoms with Gasteiger partial charge in [-0.3, -0.25) is 4.79 Å². The lowest BCUT2D eigenvalue weighted by molar-refractivity contribution is -0.129. The summed E-state index contributed by atoms with van der Waals surface area (Å²) in [6.07, 6.45) is 0. The van der Waals surface area contributed by atoms with E-state index >= 15 is 0 Å². The van der Waals surface area contributed by atoms with Crippen molar-refractivity contribution < 1.29 is 4.79 Å². The summed E-state index contributed by atoms with van der Waals surface area (Å²) in [5.41, 5.74) is 0.997. The van der Waals surface area contributed by atoms with Crippen LogP contribution in [-0.2, 0) is 4.79 Å². The highest BCUT2D eigenvalue weighted by atomic mass is 35.5. The fraction of sp³-hybridized carbons (Fsp3) is 0.500. The number of halogens is 1. The van der Waals surface area contributed by atoms with Gasteiger partial charge in [-0.25, -0.2) is 0 Å². The van der Waals surface area contributed by atoms with Crippen molar-refractivity contribution in [2.24, 2.45) is 0 Å². The minimum absolute atomic E-state index is 0. The second-order valence-electron chi connectivity index (χ2n) is 5.14. The number of benzene rings is 1. The molecule has 1 aliphatic rings. The minimum atomic E-state index is 0. The number of amides is 1. The van der Waals surface area contributed by atoms with Crippen molar-refractivity contribution in [2.45, 2.75) is 18.6 Å². The quantitative estimate of drug-likeness (QED) is 0.931. The molecule has 1 heterocycles. The van der Waals surface area contributed by atoms with Crippen LogP contribution in [0.1, 0.15) is 13.8 Å². The van der Waals surface area contributed by atoms with Crippen molar-refractivity contribution in [3.63, 3.8) is 0 Å². The third-order valence-corrected chi connectivity index (χ3v) is 4.29. The number of hydrogen-bond donors (Lipinski definition) is 1. The Morgan fingerprint density at radius 1 is 1.37 bits per heavy atom. The molecule has 5 heteroatoms. The molecule has 19 heavy (non-hydrogen) atoms. The third kappa shape index (κ3) is 4.96. The molecule has 0 spiro atoms. The topological polar surface area (TPSA) is 32.3 Å². The van der Waals surface area contributed by atoms with E-state index < -0.39 is 0 Å². The smallest absolute Gasteiger partial charge is 0.241 e. The summed E-state index contributed by atoms with van der Waals surface area (Å²) in [5, 5.41) is 3.17. The van der Waals surface area contributed by atoms with E-state index in [4.69, 9.17) is 0 Å². The van der Waals surface area contributed by atoms with Gasteiger partial charge in [0.1, 0.15) is 0 Å². The number of rotatable bonds is 3. The van der Waals surface area contributed by atoms with Crippen molar-refractivity contribution in [1.29, 1.82) is 0 Å². The van der Waals surface area contributed by atoms with Crippen molar-refractivity contribution in [1.82, 2.24) is 4.90 Å². The molecule has 0 atom stereocenters. The zero-order valence-corrected chi connectivity index (χ0v) is 13.0. The molecule has 0 aliphatic carbocycles. The van der Waals surface area contributed by atoms with Gasteiger partial charge >= 0.3 is 0 Å². The lowest BCUT2D eigenvalue weighted by Gasteiger charge is -2.37. The van der Waals surface area contributed by atoms with Gasteiger partial charge in [-0.2, -0.15) is 11.8 Å². The highest BCUT2D eigenvalue weighted by molar-refractivity contribution is 8.00. The van der Waals surface area contributed by atoms with Crippen molar-refractivity contribution >= 4 is 35.8 Å². The van der Waals surface area contributed by atoms with Gasteiger partial charge in [0.25, 0.3) is 0 Å². The van der Waals surface area contributed by atoms with Gasteiger partial charge in [-0.15, -0.1) is 12.4 Å². The summed E-state index contributed by atoms with van der Waals surface area (Å²) in [6.45, 7) is 6.48. The molecule has 1 amide bonds. The molecule has 3 nitrogen and oxygen atoms in total. The van der Waals surface area contributed by atoms with Crippen LogP contribution in [0.25, 0.3) is 0 Å². The van der Waals surface area contributed by atoms with Gasteiger partial charge in [0.15, 0.2) is 0 Å². The average molecular weight is 301 g/mol. The summed E-state index contributed by atoms with van der Waals surface area (Å²) < 4.78 is 0.181. The number of carbonyl (C=O) groups excluding carboxylic acids is 1. The normalized spacial score (nSPS) is 17.5. The molecule has 0 radical (unpaired) electrons. The summed E-state index contributed by atoms with van der Waals surface area (Å²) in [6, 6.07) is 9.85. The Morgan fingerprint density at radius 3 is 2.68 bits per heavy atom. The van der Waals surface area contributed by atoms with Crippen LogP contribution in [0.5, 0.6) is 0 Å². The van der Waals surface area contributed by atoms with Crippen molar-refractivity contribution in [3.8, 4) is 0 Å². The molecule has 2 rings (SSSR count). The number of anilines is 1. The van der Waals surface area contributed by atoms with Crippen LogP contribution in [0.3, 0.4) is 0 Å². The molecule has 1 N–H and O–H groups in total. The van der Waals surface area contributed by atoms with E-state index in [9.17, 15) is 4.79 Å². The highest BCUT2D eigenvalue weighted by Gasteiger charge is 2.29. The number of para-hydroxylation sites is 1. The van der Waals surface area contributed by atoms with Crippen LogP contribution in [0, 0.1) is 0 Å². The Bertz CT molecular complexity index is 411. The van der Waals surface area contributed by atoms with E-state index in [1.54, 1.807) is 0 Å². The SMILES string of the molecule is CC1(C)CN(C(=O)CNc2ccccc2)CCS1.Cl.